The fraction of sp³-hybridized carbons (Fsp3) is 0.290. The number of methoxy groups -OCH3 is 2. The van der Waals surface area contributed by atoms with E-state index in [-0.39, 0.29) is 80.8 Å². The molecule has 128 heavy (non-hydrogen) atoms. The SMILES string of the molecule is C=C(C)/C(C)=C\Cc1cc(NC(=O)CSC2=NCC(C3CC3)=N2)n(-c2ccccc2)n1.CCC(NC(=O)c1csc2ccccc12)C(=O)N1CCN(c2ccc(OC)cc2)CC1.CCOC(=O)C1(CCCc2ccccc2)CCCN(C(=O)c2ccc3c(c2)OCO3)C1.COC(=O)c1ccc(C(c2c(O)c3ccccc3oc2=O)c2c(O)c3ccccc3oc2=O)cc1. The summed E-state index contributed by atoms with van der Waals surface area (Å²) in [5, 5.41) is 37.0. The summed E-state index contributed by atoms with van der Waals surface area (Å²) in [6.07, 6.45) is 9.77. The lowest BCUT2D eigenvalue weighted by Crippen LogP contribution is -2.54. The van der Waals surface area contributed by atoms with Gasteiger partial charge in [-0.1, -0.05) is 146 Å². The molecule has 8 aromatic carbocycles. The molecule has 4 aromatic heterocycles. The lowest BCUT2D eigenvalue weighted by molar-refractivity contribution is -0.159. The van der Waals surface area contributed by atoms with Gasteiger partial charge in [0.1, 0.15) is 40.3 Å². The highest BCUT2D eigenvalue weighted by molar-refractivity contribution is 8.14. The highest BCUT2D eigenvalue weighted by Crippen LogP contribution is 2.44. The normalized spacial score (nSPS) is 15.4. The largest absolute Gasteiger partial charge is 0.507 e. The average molecular weight is 1770 g/mol. The molecule has 660 valence electrons. The van der Waals surface area contributed by atoms with Gasteiger partial charge < -0.3 is 68.1 Å². The number of likely N-dealkylation sites (tertiary alicyclic amines) is 1. The molecule has 4 amide bonds. The van der Waals surface area contributed by atoms with Gasteiger partial charge in [-0.3, -0.25) is 29.0 Å². The molecule has 1 saturated carbocycles. The number of nitrogens with one attached hydrogen (secondary N) is 2. The number of benzene rings is 8. The highest BCUT2D eigenvalue weighted by atomic mass is 32.2. The van der Waals surface area contributed by atoms with Gasteiger partial charge in [0, 0.05) is 84.2 Å². The van der Waals surface area contributed by atoms with Crippen molar-refractivity contribution in [3.05, 3.63) is 301 Å². The molecular weight excluding hydrogens is 1660 g/mol. The number of piperazine rings is 1. The van der Waals surface area contributed by atoms with Crippen LogP contribution in [0.3, 0.4) is 0 Å². The number of carbonyl (C=O) groups is 6. The first kappa shape index (κ1) is 90.4. The smallest absolute Gasteiger partial charge is 0.344 e. The number of thiophene rings is 1. The van der Waals surface area contributed by atoms with Crippen LogP contribution in [0.5, 0.6) is 28.7 Å². The van der Waals surface area contributed by atoms with Crippen molar-refractivity contribution in [2.75, 3.05) is 89.4 Å². The van der Waals surface area contributed by atoms with E-state index >= 15 is 0 Å². The summed E-state index contributed by atoms with van der Waals surface area (Å²) in [5.74, 6) is 0.400. The van der Waals surface area contributed by atoms with Crippen molar-refractivity contribution >= 4 is 113 Å². The van der Waals surface area contributed by atoms with Crippen molar-refractivity contribution in [2.24, 2.45) is 21.3 Å². The first-order valence-electron chi connectivity index (χ1n) is 42.7. The number of amides is 4. The summed E-state index contributed by atoms with van der Waals surface area (Å²) in [7, 11) is 2.90. The number of aryl methyl sites for hydroxylation is 1. The van der Waals surface area contributed by atoms with E-state index in [1.54, 1.807) is 82.6 Å². The number of aliphatic imine (C=N–C) groups is 2. The van der Waals surface area contributed by atoms with Crippen molar-refractivity contribution in [2.45, 2.75) is 97.4 Å². The van der Waals surface area contributed by atoms with E-state index in [9.17, 15) is 48.6 Å². The third-order valence-corrected chi connectivity index (χ3v) is 25.0. The van der Waals surface area contributed by atoms with E-state index in [4.69, 9.17) is 37.6 Å². The topological polar surface area (TPSA) is 326 Å². The molecular formula is C100H101N9O17S2. The van der Waals surface area contributed by atoms with Crippen molar-refractivity contribution < 1.29 is 71.5 Å². The van der Waals surface area contributed by atoms with Crippen LogP contribution in [0.4, 0.5) is 11.5 Å². The van der Waals surface area contributed by atoms with Crippen LogP contribution in [0, 0.1) is 11.3 Å². The number of aromatic hydroxyl groups is 2. The number of allylic oxidation sites excluding steroid dienone is 3. The van der Waals surface area contributed by atoms with E-state index in [2.05, 4.69) is 50.3 Å². The van der Waals surface area contributed by atoms with Crippen LogP contribution in [-0.2, 0) is 36.7 Å². The zero-order valence-electron chi connectivity index (χ0n) is 72.1. The predicted molar refractivity (Wildman–Crippen MR) is 498 cm³/mol. The zero-order valence-corrected chi connectivity index (χ0v) is 73.8. The van der Waals surface area contributed by atoms with Gasteiger partial charge in [-0.25, -0.2) is 24.1 Å². The molecule has 5 aliphatic rings. The van der Waals surface area contributed by atoms with Gasteiger partial charge in [0.05, 0.1) is 88.9 Å². The lowest BCUT2D eigenvalue weighted by Gasteiger charge is -2.41. The molecule has 8 heterocycles. The van der Waals surface area contributed by atoms with Crippen molar-refractivity contribution in [1.29, 1.82) is 0 Å². The molecule has 2 unspecified atom stereocenters. The number of carbonyl (C=O) groups excluding carboxylic acids is 6. The van der Waals surface area contributed by atoms with E-state index in [0.717, 1.165) is 88.0 Å². The van der Waals surface area contributed by atoms with Crippen molar-refractivity contribution in [3.8, 4) is 34.4 Å². The van der Waals surface area contributed by atoms with Crippen LogP contribution in [0.2, 0.25) is 0 Å². The van der Waals surface area contributed by atoms with Crippen LogP contribution in [0.1, 0.15) is 138 Å². The molecule has 26 nitrogen and oxygen atoms in total. The molecule has 0 radical (unpaired) electrons. The summed E-state index contributed by atoms with van der Waals surface area (Å²) in [6, 6.07) is 61.3. The van der Waals surface area contributed by atoms with E-state index in [0.29, 0.717) is 98.5 Å². The first-order valence-corrected chi connectivity index (χ1v) is 44.5. The third kappa shape index (κ3) is 21.6. The molecule has 1 aliphatic carbocycles. The Balaban J connectivity index is 0.000000138. The molecule has 28 heteroatoms. The minimum atomic E-state index is -1.27. The summed E-state index contributed by atoms with van der Waals surface area (Å²) in [5.41, 5.74) is 6.62. The van der Waals surface area contributed by atoms with Crippen molar-refractivity contribution in [1.82, 2.24) is 24.9 Å². The van der Waals surface area contributed by atoms with Gasteiger partial charge in [0.15, 0.2) is 16.7 Å². The number of hydrogen-bond acceptors (Lipinski definition) is 23. The van der Waals surface area contributed by atoms with E-state index in [1.807, 2.05) is 141 Å². The highest BCUT2D eigenvalue weighted by Gasteiger charge is 2.45. The lowest BCUT2D eigenvalue weighted by atomic mass is 9.75. The van der Waals surface area contributed by atoms with Gasteiger partial charge in [-0.05, 0) is 186 Å². The number of piperidine rings is 1. The molecule has 17 rings (SSSR count). The fourth-order valence-corrected chi connectivity index (χ4v) is 17.5. The first-order chi connectivity index (χ1) is 62.1. The van der Waals surface area contributed by atoms with E-state index < -0.39 is 46.1 Å². The average Bonchev–Trinajstić information content (AvgIpc) is 1.13. The van der Waals surface area contributed by atoms with Crippen LogP contribution in [-0.4, -0.2) is 161 Å². The Morgan fingerprint density at radius 3 is 1.98 bits per heavy atom. The third-order valence-electron chi connectivity index (χ3n) is 23.1. The number of anilines is 2. The number of amidine groups is 1. The second kappa shape index (κ2) is 42.0. The number of thioether (sulfide) groups is 1. The van der Waals surface area contributed by atoms with Gasteiger partial charge in [-0.2, -0.15) is 5.10 Å². The van der Waals surface area contributed by atoms with Crippen molar-refractivity contribution in [3.63, 3.8) is 0 Å². The predicted octanol–water partition coefficient (Wildman–Crippen LogP) is 17.1. The Hall–Kier alpha value is -13.9. The maximum Gasteiger partial charge on any atom is 0.344 e. The van der Waals surface area contributed by atoms with Crippen LogP contribution < -0.4 is 41.0 Å². The number of fused-ring (bicyclic) bond motifs is 4. The summed E-state index contributed by atoms with van der Waals surface area (Å²) in [6.45, 7) is 16.8. The molecule has 0 bridgehead atoms. The molecule has 4 aliphatic heterocycles. The summed E-state index contributed by atoms with van der Waals surface area (Å²) >= 11 is 2.93. The quantitative estimate of drug-likeness (QED) is 0.0235. The Bertz CT molecular complexity index is 6170. The number of hydrogen-bond donors (Lipinski definition) is 4. The number of nitrogens with zero attached hydrogens (tertiary/aromatic N) is 7. The second-order valence-corrected chi connectivity index (χ2v) is 33.5. The number of rotatable bonds is 25. The maximum absolute atomic E-state index is 13.2. The Labute approximate surface area is 748 Å². The summed E-state index contributed by atoms with van der Waals surface area (Å²) in [4.78, 5) is 118. The zero-order chi connectivity index (χ0) is 90.0. The number of esters is 2. The van der Waals surface area contributed by atoms with Crippen LogP contribution in [0.15, 0.2) is 264 Å². The fourth-order valence-electron chi connectivity index (χ4n) is 15.9. The van der Waals surface area contributed by atoms with Crippen LogP contribution >= 0.6 is 23.1 Å². The van der Waals surface area contributed by atoms with Crippen LogP contribution in [0.25, 0.3) is 37.7 Å². The Kier molecular flexibility index (Phi) is 29.6. The maximum atomic E-state index is 13.2. The molecule has 2 saturated heterocycles. The molecule has 3 fully saturated rings. The van der Waals surface area contributed by atoms with Gasteiger partial charge in [0.2, 0.25) is 18.6 Å². The number of para-hydroxylation sites is 3. The Morgan fingerprint density at radius 2 is 1.34 bits per heavy atom. The Morgan fingerprint density at radius 1 is 0.703 bits per heavy atom. The molecule has 12 aromatic rings. The van der Waals surface area contributed by atoms with Gasteiger partial charge in [0.25, 0.3) is 11.8 Å². The second-order valence-electron chi connectivity index (χ2n) is 31.6. The minimum absolute atomic E-state index is 0.00948. The van der Waals surface area contributed by atoms with Gasteiger partial charge in [-0.15, -0.1) is 11.3 Å². The number of ether oxygens (including phenoxy) is 5. The monoisotopic (exact) mass is 1760 g/mol. The van der Waals surface area contributed by atoms with Gasteiger partial charge >= 0.3 is 23.2 Å². The summed E-state index contributed by atoms with van der Waals surface area (Å²) < 4.78 is 39.9. The minimum Gasteiger partial charge on any atom is -0.507 e. The standard InChI is InChI=1S/C27H18O8.C25H29NO5.C24H27N5OS.C24H27N3O3S/c1-33-25(30)15-12-10-14(11-13-15)20(21-23(28)16-6-2-4-8-18(16)34-26(21)31)22-24(29)17-7-3-5-9-19(17)35-27(22)32;1-2-29-24(28)25(13-6-10-19-8-4-3-5-9-19)14-7-15-26(17-25)23(27)20-11-12-21-22(16-20)31-18-30-21;1-16(2)17(3)9-12-19-13-22(29(28-19)20-7-5-4-6-8-20)27-23(30)15-31-24-25-14-21(26-24)18-10-11-18;1-3-21(25-23(28)20-16-31-22-7-5-4-6-19(20)22)24(29)27-14-12-26(13-15-27)17-8-10-18(30-2)11-9-17/h2-13,20,28-29H,1H3;3-5,8-9,11-12,16H,2,6-7,10,13-15,17-18H2,1H3;4-9,13,18H,1,10-12,14-15H2,2-3H3,(H,27,30);4-11,16,21H,3,12-15H2,1-2H3,(H,25,28)/b;;17-9-;. The number of aromatic nitrogens is 2. The molecule has 2 atom stereocenters. The molecule has 4 N–H and O–H groups in total. The van der Waals surface area contributed by atoms with E-state index in [1.165, 1.54) is 79.4 Å². The molecule has 0 spiro atoms.